The molecule has 21 heavy (non-hydrogen) atoms. The summed E-state index contributed by atoms with van der Waals surface area (Å²) >= 11 is 0. The number of ether oxygens (including phenoxy) is 1. The van der Waals surface area contributed by atoms with Gasteiger partial charge < -0.3 is 10.1 Å². The number of hydrogen-bond donors (Lipinski definition) is 1. The largest absolute Gasteiger partial charge is 0.450 e. The SMILES string of the molecule is CC1(C)OC(=O)C2=C1NC(=O)CC2c1ccc(C#N)cc1. The van der Waals surface area contributed by atoms with Crippen molar-refractivity contribution in [3.63, 3.8) is 0 Å². The Bertz CT molecular complexity index is 708. The monoisotopic (exact) mass is 282 g/mol. The number of hydrogen-bond acceptors (Lipinski definition) is 4. The molecule has 3 rings (SSSR count). The normalized spacial score (nSPS) is 23.2. The van der Waals surface area contributed by atoms with E-state index in [2.05, 4.69) is 11.4 Å². The van der Waals surface area contributed by atoms with Crippen LogP contribution in [0.5, 0.6) is 0 Å². The fourth-order valence-electron chi connectivity index (χ4n) is 2.85. The number of cyclic esters (lactones) is 1. The molecule has 2 heterocycles. The molecule has 0 aromatic heterocycles. The van der Waals surface area contributed by atoms with Gasteiger partial charge in [0, 0.05) is 12.3 Å². The zero-order valence-electron chi connectivity index (χ0n) is 11.8. The molecule has 5 nitrogen and oxygen atoms in total. The van der Waals surface area contributed by atoms with Crippen molar-refractivity contribution in [2.45, 2.75) is 31.8 Å². The first-order valence-electron chi connectivity index (χ1n) is 6.70. The summed E-state index contributed by atoms with van der Waals surface area (Å²) < 4.78 is 5.36. The average Bonchev–Trinajstić information content (AvgIpc) is 2.68. The Morgan fingerprint density at radius 2 is 1.95 bits per heavy atom. The summed E-state index contributed by atoms with van der Waals surface area (Å²) in [5.41, 5.74) is 1.64. The minimum atomic E-state index is -0.812. The maximum Gasteiger partial charge on any atom is 0.337 e. The van der Waals surface area contributed by atoms with Gasteiger partial charge in [-0.25, -0.2) is 4.79 Å². The molecule has 0 saturated carbocycles. The van der Waals surface area contributed by atoms with E-state index in [0.717, 1.165) is 5.56 Å². The maximum absolute atomic E-state index is 12.2. The lowest BCUT2D eigenvalue weighted by atomic mass is 9.82. The molecule has 0 spiro atoms. The Morgan fingerprint density at radius 3 is 2.57 bits per heavy atom. The zero-order chi connectivity index (χ0) is 15.2. The number of nitriles is 1. The second-order valence-electron chi connectivity index (χ2n) is 5.73. The fraction of sp³-hybridized carbons (Fsp3) is 0.312. The molecular formula is C16H14N2O3. The van der Waals surface area contributed by atoms with E-state index in [0.29, 0.717) is 16.8 Å². The van der Waals surface area contributed by atoms with Crippen molar-refractivity contribution in [2.24, 2.45) is 0 Å². The minimum absolute atomic E-state index is 0.130. The number of benzene rings is 1. The van der Waals surface area contributed by atoms with Gasteiger partial charge in [0.25, 0.3) is 0 Å². The zero-order valence-corrected chi connectivity index (χ0v) is 11.8. The third kappa shape index (κ3) is 2.09. The molecular weight excluding hydrogens is 268 g/mol. The van der Waals surface area contributed by atoms with Crippen LogP contribution in [0, 0.1) is 11.3 Å². The van der Waals surface area contributed by atoms with Crippen LogP contribution < -0.4 is 5.32 Å². The van der Waals surface area contributed by atoms with Crippen molar-refractivity contribution in [3.8, 4) is 6.07 Å². The summed E-state index contributed by atoms with van der Waals surface area (Å²) in [6.07, 6.45) is 0.204. The van der Waals surface area contributed by atoms with Gasteiger partial charge in [0.05, 0.1) is 22.9 Å². The molecule has 0 fully saturated rings. The van der Waals surface area contributed by atoms with E-state index in [4.69, 9.17) is 10.00 Å². The quantitative estimate of drug-likeness (QED) is 0.796. The summed E-state index contributed by atoms with van der Waals surface area (Å²) in [6, 6.07) is 8.99. The summed E-state index contributed by atoms with van der Waals surface area (Å²) in [7, 11) is 0. The Hall–Kier alpha value is -2.61. The van der Waals surface area contributed by atoms with Crippen LogP contribution in [0.4, 0.5) is 0 Å². The van der Waals surface area contributed by atoms with E-state index in [9.17, 15) is 9.59 Å². The fourth-order valence-corrected chi connectivity index (χ4v) is 2.85. The van der Waals surface area contributed by atoms with Crippen LogP contribution in [-0.4, -0.2) is 17.5 Å². The number of carbonyl (C=O) groups excluding carboxylic acids is 2. The number of amides is 1. The Morgan fingerprint density at radius 1 is 1.29 bits per heavy atom. The molecule has 1 aromatic rings. The van der Waals surface area contributed by atoms with E-state index in [1.807, 2.05) is 0 Å². The molecule has 2 aliphatic rings. The number of nitrogens with one attached hydrogen (secondary N) is 1. The van der Waals surface area contributed by atoms with Gasteiger partial charge in [0.15, 0.2) is 0 Å². The topological polar surface area (TPSA) is 79.2 Å². The van der Waals surface area contributed by atoms with Crippen LogP contribution in [0.15, 0.2) is 35.5 Å². The molecule has 106 valence electrons. The van der Waals surface area contributed by atoms with E-state index in [1.54, 1.807) is 38.1 Å². The Balaban J connectivity index is 2.09. The number of esters is 1. The molecule has 0 aliphatic carbocycles. The smallest absolute Gasteiger partial charge is 0.337 e. The van der Waals surface area contributed by atoms with Crippen LogP contribution in [-0.2, 0) is 14.3 Å². The minimum Gasteiger partial charge on any atom is -0.450 e. The molecule has 5 heteroatoms. The van der Waals surface area contributed by atoms with Crippen molar-refractivity contribution >= 4 is 11.9 Å². The van der Waals surface area contributed by atoms with Crippen LogP contribution in [0.25, 0.3) is 0 Å². The summed E-state index contributed by atoms with van der Waals surface area (Å²) in [4.78, 5) is 24.1. The summed E-state index contributed by atoms with van der Waals surface area (Å²) in [5.74, 6) is -0.838. The predicted octanol–water partition coefficient (Wildman–Crippen LogP) is 1.75. The van der Waals surface area contributed by atoms with E-state index < -0.39 is 5.60 Å². The summed E-state index contributed by atoms with van der Waals surface area (Å²) in [5, 5.41) is 11.6. The van der Waals surface area contributed by atoms with Crippen LogP contribution in [0.3, 0.4) is 0 Å². The summed E-state index contributed by atoms with van der Waals surface area (Å²) in [6.45, 7) is 3.52. The van der Waals surface area contributed by atoms with Crippen molar-refractivity contribution in [1.29, 1.82) is 5.26 Å². The maximum atomic E-state index is 12.2. The Kier molecular flexibility index (Phi) is 2.84. The van der Waals surface area contributed by atoms with E-state index in [1.165, 1.54) is 0 Å². The molecule has 1 unspecified atom stereocenters. The van der Waals surface area contributed by atoms with Crippen LogP contribution in [0.1, 0.15) is 37.3 Å². The highest BCUT2D eigenvalue weighted by molar-refractivity contribution is 5.99. The lowest BCUT2D eigenvalue weighted by molar-refractivity contribution is -0.144. The highest BCUT2D eigenvalue weighted by Gasteiger charge is 2.47. The first-order chi connectivity index (χ1) is 9.92. The van der Waals surface area contributed by atoms with Crippen molar-refractivity contribution in [2.75, 3.05) is 0 Å². The highest BCUT2D eigenvalue weighted by atomic mass is 16.6. The lowest BCUT2D eigenvalue weighted by Gasteiger charge is -2.27. The third-order valence-electron chi connectivity index (χ3n) is 3.88. The average molecular weight is 282 g/mol. The predicted molar refractivity (Wildman–Crippen MR) is 73.9 cm³/mol. The molecule has 0 radical (unpaired) electrons. The van der Waals surface area contributed by atoms with Gasteiger partial charge in [-0.2, -0.15) is 5.26 Å². The first kappa shape index (κ1) is 13.4. The van der Waals surface area contributed by atoms with E-state index in [-0.39, 0.29) is 24.2 Å². The van der Waals surface area contributed by atoms with Gasteiger partial charge in [-0.1, -0.05) is 12.1 Å². The molecule has 0 saturated heterocycles. The second-order valence-corrected chi connectivity index (χ2v) is 5.73. The van der Waals surface area contributed by atoms with Gasteiger partial charge in [0.2, 0.25) is 5.91 Å². The van der Waals surface area contributed by atoms with Crippen molar-refractivity contribution < 1.29 is 14.3 Å². The first-order valence-corrected chi connectivity index (χ1v) is 6.70. The van der Waals surface area contributed by atoms with Crippen LogP contribution >= 0.6 is 0 Å². The van der Waals surface area contributed by atoms with E-state index >= 15 is 0 Å². The van der Waals surface area contributed by atoms with Gasteiger partial charge in [-0.05, 0) is 31.5 Å². The standard InChI is InChI=1S/C16H14N2O3/c1-16(2)14-13(15(20)21-16)11(7-12(19)18-14)10-5-3-9(8-17)4-6-10/h3-6,11H,7H2,1-2H3,(H,18,19). The van der Waals surface area contributed by atoms with Crippen LogP contribution in [0.2, 0.25) is 0 Å². The number of carbonyl (C=O) groups is 2. The highest BCUT2D eigenvalue weighted by Crippen LogP contribution is 2.42. The molecule has 1 atom stereocenters. The Labute approximate surface area is 122 Å². The second kappa shape index (κ2) is 4.45. The molecule has 1 aromatic carbocycles. The number of nitrogens with zero attached hydrogens (tertiary/aromatic N) is 1. The van der Waals surface area contributed by atoms with Crippen molar-refractivity contribution in [1.82, 2.24) is 5.32 Å². The van der Waals surface area contributed by atoms with Gasteiger partial charge in [-0.15, -0.1) is 0 Å². The van der Waals surface area contributed by atoms with Gasteiger partial charge >= 0.3 is 5.97 Å². The molecule has 2 aliphatic heterocycles. The number of rotatable bonds is 1. The lowest BCUT2D eigenvalue weighted by Crippen LogP contribution is -2.38. The van der Waals surface area contributed by atoms with Crippen molar-refractivity contribution in [3.05, 3.63) is 46.7 Å². The molecule has 1 amide bonds. The van der Waals surface area contributed by atoms with Gasteiger partial charge in [-0.3, -0.25) is 4.79 Å². The molecule has 1 N–H and O–H groups in total. The third-order valence-corrected chi connectivity index (χ3v) is 3.88. The molecule has 0 bridgehead atoms. The van der Waals surface area contributed by atoms with Gasteiger partial charge in [0.1, 0.15) is 5.60 Å².